The highest BCUT2D eigenvalue weighted by Crippen LogP contribution is 2.35. The molecule has 0 fully saturated rings. The molecule has 1 aliphatic heterocycles. The largest absolute Gasteiger partial charge is 0.486 e. The van der Waals surface area contributed by atoms with E-state index in [0.29, 0.717) is 48.4 Å². The van der Waals surface area contributed by atoms with Gasteiger partial charge in [-0.3, -0.25) is 4.79 Å². The van der Waals surface area contributed by atoms with Crippen molar-refractivity contribution in [1.29, 1.82) is 0 Å². The molecule has 0 saturated heterocycles. The van der Waals surface area contributed by atoms with Gasteiger partial charge in [-0.2, -0.15) is 0 Å². The van der Waals surface area contributed by atoms with Gasteiger partial charge in [-0.25, -0.2) is 4.98 Å². The zero-order valence-corrected chi connectivity index (χ0v) is 18.5. The smallest absolute Gasteiger partial charge is 0.287 e. The van der Waals surface area contributed by atoms with Crippen LogP contribution in [0.25, 0.3) is 11.0 Å². The number of nitrogens with one attached hydrogen (secondary N) is 1. The van der Waals surface area contributed by atoms with Crippen LogP contribution in [0.5, 0.6) is 11.5 Å². The molecule has 1 aliphatic rings. The molecule has 8 heteroatoms. The lowest BCUT2D eigenvalue weighted by Gasteiger charge is -2.21. The van der Waals surface area contributed by atoms with Crippen LogP contribution in [0, 0.1) is 6.92 Å². The number of para-hydroxylation sites is 2. The third-order valence-corrected chi connectivity index (χ3v) is 7.09. The number of carbonyl (C=O) groups is 1. The van der Waals surface area contributed by atoms with Gasteiger partial charge in [0.15, 0.2) is 17.3 Å². The number of nitrogens with zero attached hydrogens (tertiary/aromatic N) is 1. The van der Waals surface area contributed by atoms with Gasteiger partial charge in [0, 0.05) is 39.9 Å². The second-order valence-corrected chi connectivity index (χ2v) is 9.15. The van der Waals surface area contributed by atoms with Crippen molar-refractivity contribution in [2.75, 3.05) is 13.2 Å². The van der Waals surface area contributed by atoms with Gasteiger partial charge in [0.05, 0.1) is 0 Å². The Morgan fingerprint density at radius 1 is 1.16 bits per heavy atom. The van der Waals surface area contributed by atoms with Crippen LogP contribution in [0.1, 0.15) is 27.4 Å². The third kappa shape index (κ3) is 4.13. The standard InChI is InChI=1S/C23H20N2O4S2/c1-14-12-30-23(25-14)31-13-17-16-6-2-3-7-18(16)29-21(17)22(26)24-11-15-5-4-8-19-20(15)28-10-9-27-19/h2-8,12H,9-11,13H2,1H3,(H,24,26). The number of aromatic nitrogens is 1. The number of hydrogen-bond acceptors (Lipinski definition) is 7. The first-order valence-electron chi connectivity index (χ1n) is 9.90. The summed E-state index contributed by atoms with van der Waals surface area (Å²) in [5.74, 6) is 2.08. The van der Waals surface area contributed by atoms with E-state index >= 15 is 0 Å². The van der Waals surface area contributed by atoms with Crippen LogP contribution in [0.15, 0.2) is 56.6 Å². The van der Waals surface area contributed by atoms with Gasteiger partial charge in [0.1, 0.15) is 23.1 Å². The molecule has 0 spiro atoms. The molecular formula is C23H20N2O4S2. The van der Waals surface area contributed by atoms with Crippen molar-refractivity contribution in [1.82, 2.24) is 10.3 Å². The predicted molar refractivity (Wildman–Crippen MR) is 121 cm³/mol. The summed E-state index contributed by atoms with van der Waals surface area (Å²) in [7, 11) is 0. The molecule has 158 valence electrons. The van der Waals surface area contributed by atoms with Gasteiger partial charge in [-0.1, -0.05) is 42.1 Å². The molecule has 2 aromatic heterocycles. The van der Waals surface area contributed by atoms with E-state index in [9.17, 15) is 4.79 Å². The Hall–Kier alpha value is -2.97. The highest BCUT2D eigenvalue weighted by atomic mass is 32.2. The number of fused-ring (bicyclic) bond motifs is 2. The van der Waals surface area contributed by atoms with E-state index in [4.69, 9.17) is 13.9 Å². The van der Waals surface area contributed by atoms with E-state index in [1.54, 1.807) is 23.1 Å². The molecule has 0 atom stereocenters. The number of thioether (sulfide) groups is 1. The molecule has 0 aliphatic carbocycles. The predicted octanol–water partition coefficient (Wildman–Crippen LogP) is 5.19. The number of amides is 1. The number of ether oxygens (including phenoxy) is 2. The van der Waals surface area contributed by atoms with E-state index in [2.05, 4.69) is 10.3 Å². The average Bonchev–Trinajstić information content (AvgIpc) is 3.39. The monoisotopic (exact) mass is 452 g/mol. The van der Waals surface area contributed by atoms with Crippen molar-refractivity contribution >= 4 is 40.0 Å². The van der Waals surface area contributed by atoms with Gasteiger partial charge in [-0.15, -0.1) is 11.3 Å². The van der Waals surface area contributed by atoms with E-state index in [1.165, 1.54) is 0 Å². The maximum absolute atomic E-state index is 13.1. The van der Waals surface area contributed by atoms with Gasteiger partial charge < -0.3 is 19.2 Å². The van der Waals surface area contributed by atoms with Crippen LogP contribution in [0.3, 0.4) is 0 Å². The maximum Gasteiger partial charge on any atom is 0.287 e. The van der Waals surface area contributed by atoms with Crippen molar-refractivity contribution in [3.8, 4) is 11.5 Å². The summed E-state index contributed by atoms with van der Waals surface area (Å²) >= 11 is 3.22. The third-order valence-electron chi connectivity index (χ3n) is 4.93. The Morgan fingerprint density at radius 3 is 2.90 bits per heavy atom. The number of benzene rings is 2. The van der Waals surface area contributed by atoms with E-state index in [0.717, 1.165) is 26.5 Å². The Bertz CT molecular complexity index is 1250. The van der Waals surface area contributed by atoms with Crippen molar-refractivity contribution in [3.05, 3.63) is 70.4 Å². The van der Waals surface area contributed by atoms with E-state index < -0.39 is 0 Å². The van der Waals surface area contributed by atoms with Crippen LogP contribution in [0.2, 0.25) is 0 Å². The van der Waals surface area contributed by atoms with Crippen molar-refractivity contribution in [2.45, 2.75) is 23.6 Å². The molecule has 0 unspecified atom stereocenters. The number of carbonyl (C=O) groups excluding carboxylic acids is 1. The lowest BCUT2D eigenvalue weighted by molar-refractivity contribution is 0.0923. The van der Waals surface area contributed by atoms with Crippen molar-refractivity contribution in [2.24, 2.45) is 0 Å². The molecule has 0 bridgehead atoms. The highest BCUT2D eigenvalue weighted by Gasteiger charge is 2.22. The van der Waals surface area contributed by atoms with E-state index in [-0.39, 0.29) is 5.91 Å². The van der Waals surface area contributed by atoms with Crippen LogP contribution >= 0.6 is 23.1 Å². The topological polar surface area (TPSA) is 73.6 Å². The van der Waals surface area contributed by atoms with Gasteiger partial charge >= 0.3 is 0 Å². The minimum Gasteiger partial charge on any atom is -0.486 e. The summed E-state index contributed by atoms with van der Waals surface area (Å²) in [6, 6.07) is 13.4. The molecule has 0 radical (unpaired) electrons. The summed E-state index contributed by atoms with van der Waals surface area (Å²) in [4.78, 5) is 17.6. The maximum atomic E-state index is 13.1. The first kappa shape index (κ1) is 20.0. The van der Waals surface area contributed by atoms with Crippen LogP contribution in [0.4, 0.5) is 0 Å². The van der Waals surface area contributed by atoms with Crippen LogP contribution < -0.4 is 14.8 Å². The molecule has 6 nitrogen and oxygen atoms in total. The fourth-order valence-electron chi connectivity index (χ4n) is 3.49. The molecule has 5 rings (SSSR count). The second-order valence-electron chi connectivity index (χ2n) is 7.07. The number of hydrogen-bond donors (Lipinski definition) is 1. The molecule has 31 heavy (non-hydrogen) atoms. The summed E-state index contributed by atoms with van der Waals surface area (Å²) in [5.41, 5.74) is 3.45. The Kier molecular flexibility index (Phi) is 5.57. The quantitative estimate of drug-likeness (QED) is 0.406. The lowest BCUT2D eigenvalue weighted by atomic mass is 10.1. The zero-order chi connectivity index (χ0) is 21.2. The molecule has 2 aromatic carbocycles. The fraction of sp³-hybridized carbons (Fsp3) is 0.217. The molecule has 4 aromatic rings. The normalized spacial score (nSPS) is 12.8. The number of thiazole rings is 1. The molecule has 1 N–H and O–H groups in total. The van der Waals surface area contributed by atoms with Gasteiger partial charge in [-0.05, 0) is 19.1 Å². The molecule has 1 amide bonds. The zero-order valence-electron chi connectivity index (χ0n) is 16.8. The Morgan fingerprint density at radius 2 is 2.03 bits per heavy atom. The van der Waals surface area contributed by atoms with Crippen molar-refractivity contribution in [3.63, 3.8) is 0 Å². The first-order chi connectivity index (χ1) is 15.2. The Labute approximate surface area is 187 Å². The first-order valence-corrected chi connectivity index (χ1v) is 11.8. The Balaban J connectivity index is 1.38. The SMILES string of the molecule is Cc1csc(SCc2c(C(=O)NCc3cccc4c3OCCO4)oc3ccccc23)n1. The highest BCUT2D eigenvalue weighted by molar-refractivity contribution is 8.00. The van der Waals surface area contributed by atoms with Crippen LogP contribution in [-0.4, -0.2) is 24.1 Å². The van der Waals surface area contributed by atoms with Crippen molar-refractivity contribution < 1.29 is 18.7 Å². The number of furan rings is 1. The molecule has 0 saturated carbocycles. The summed E-state index contributed by atoms with van der Waals surface area (Å²) in [6.45, 7) is 3.32. The number of aryl methyl sites for hydroxylation is 1. The minimum absolute atomic E-state index is 0.253. The summed E-state index contributed by atoms with van der Waals surface area (Å²) in [6.07, 6.45) is 0. The number of rotatable bonds is 6. The fourth-order valence-corrected chi connectivity index (χ4v) is 5.36. The van der Waals surface area contributed by atoms with Gasteiger partial charge in [0.25, 0.3) is 5.91 Å². The second kappa shape index (κ2) is 8.64. The lowest BCUT2D eigenvalue weighted by Crippen LogP contribution is -2.24. The van der Waals surface area contributed by atoms with Gasteiger partial charge in [0.2, 0.25) is 0 Å². The summed E-state index contributed by atoms with van der Waals surface area (Å²) < 4.78 is 18.3. The van der Waals surface area contributed by atoms with E-state index in [1.807, 2.05) is 54.8 Å². The average molecular weight is 453 g/mol. The molecular weight excluding hydrogens is 432 g/mol. The minimum atomic E-state index is -0.253. The summed E-state index contributed by atoms with van der Waals surface area (Å²) in [5, 5.41) is 5.95. The van der Waals surface area contributed by atoms with Crippen LogP contribution in [-0.2, 0) is 12.3 Å². The molecule has 3 heterocycles.